The maximum absolute atomic E-state index is 13.7. The molecular weight excluding hydrogens is 314 g/mol. The minimum absolute atomic E-state index is 0.0756. The van der Waals surface area contributed by atoms with Gasteiger partial charge in [0.25, 0.3) is 0 Å². The van der Waals surface area contributed by atoms with Gasteiger partial charge in [0.2, 0.25) is 5.82 Å². The number of likely N-dealkylation sites (N-methyl/N-ethyl adjacent to an activating group) is 1. The molecule has 11 heteroatoms. The number of nitro benzene ring substituents is 1. The third-order valence-corrected chi connectivity index (χ3v) is 2.97. The molecule has 0 N–H and O–H groups in total. The molecule has 0 unspecified atom stereocenters. The van der Waals surface area contributed by atoms with Crippen LogP contribution >= 0.6 is 0 Å². The van der Waals surface area contributed by atoms with Gasteiger partial charge in [-0.2, -0.15) is 4.39 Å². The van der Waals surface area contributed by atoms with Crippen molar-refractivity contribution in [2.75, 3.05) is 20.1 Å². The number of benzene rings is 1. The van der Waals surface area contributed by atoms with Gasteiger partial charge < -0.3 is 9.31 Å². The van der Waals surface area contributed by atoms with E-state index in [1.165, 1.54) is 11.9 Å². The summed E-state index contributed by atoms with van der Waals surface area (Å²) in [7, 11) is -0.0995. The highest BCUT2D eigenvalue weighted by Crippen LogP contribution is 2.19. The Morgan fingerprint density at radius 3 is 2.35 bits per heavy atom. The van der Waals surface area contributed by atoms with Crippen LogP contribution in [0.25, 0.3) is 0 Å². The molecule has 1 aliphatic rings. The zero-order chi connectivity index (χ0) is 17.1. The van der Waals surface area contributed by atoms with E-state index in [1.807, 2.05) is 0 Å². The highest BCUT2D eigenvalue weighted by atomic mass is 19.1. The van der Waals surface area contributed by atoms with Crippen LogP contribution in [0.4, 0.5) is 10.1 Å². The molecule has 0 radical (unpaired) electrons. The van der Waals surface area contributed by atoms with E-state index in [4.69, 9.17) is 9.31 Å². The van der Waals surface area contributed by atoms with Crippen LogP contribution in [-0.2, 0) is 18.9 Å². The van der Waals surface area contributed by atoms with Gasteiger partial charge in [0.1, 0.15) is 0 Å². The Morgan fingerprint density at radius 1 is 1.30 bits per heavy atom. The minimum Gasteiger partial charge on any atom is -0.494 e. The number of carbonyl (C=O) groups excluding carboxylic acids is 3. The molecule has 0 aliphatic carbocycles. The van der Waals surface area contributed by atoms with E-state index in [9.17, 15) is 28.9 Å². The zero-order valence-corrected chi connectivity index (χ0v) is 11.9. The highest BCUT2D eigenvalue weighted by molar-refractivity contribution is 6.64. The molecule has 0 spiro atoms. The van der Waals surface area contributed by atoms with Crippen molar-refractivity contribution in [2.45, 2.75) is 0 Å². The van der Waals surface area contributed by atoms with Crippen molar-refractivity contribution in [2.24, 2.45) is 0 Å². The molecule has 0 saturated carbocycles. The smallest absolute Gasteiger partial charge is 0.494 e. The number of hydrogen-bond donors (Lipinski definition) is 0. The first kappa shape index (κ1) is 16.6. The topological polar surface area (TPSA) is 116 Å². The Labute approximate surface area is 129 Å². The SMILES string of the molecule is CN1CC(=O)OB(c2cc(C=O)c(F)c([N+](=O)[O-])c2)OC(=O)C1. The molecule has 1 aliphatic heterocycles. The fourth-order valence-electron chi connectivity index (χ4n) is 1.98. The Hall–Kier alpha value is -2.82. The molecule has 23 heavy (non-hydrogen) atoms. The number of hydrogen-bond acceptors (Lipinski definition) is 8. The first-order valence-corrected chi connectivity index (χ1v) is 6.32. The molecule has 0 atom stereocenters. The van der Waals surface area contributed by atoms with Crippen molar-refractivity contribution in [3.63, 3.8) is 0 Å². The summed E-state index contributed by atoms with van der Waals surface area (Å²) in [5.41, 5.74) is -1.79. The summed E-state index contributed by atoms with van der Waals surface area (Å²) in [6.45, 7) is -0.398. The molecular formula is C12H10BFN2O7. The fourth-order valence-corrected chi connectivity index (χ4v) is 1.98. The van der Waals surface area contributed by atoms with E-state index >= 15 is 0 Å². The van der Waals surface area contributed by atoms with Gasteiger partial charge >= 0.3 is 24.7 Å². The molecule has 1 aromatic carbocycles. The third kappa shape index (κ3) is 3.69. The van der Waals surface area contributed by atoms with Gasteiger partial charge in [-0.25, -0.2) is 0 Å². The molecule has 1 fully saturated rings. The quantitative estimate of drug-likeness (QED) is 0.309. The van der Waals surface area contributed by atoms with Crippen LogP contribution in [0.5, 0.6) is 0 Å². The number of nitrogens with zero attached hydrogens (tertiary/aromatic N) is 2. The Bertz CT molecular complexity index is 676. The molecule has 0 bridgehead atoms. The minimum atomic E-state index is -1.60. The summed E-state index contributed by atoms with van der Waals surface area (Å²) in [4.78, 5) is 45.3. The zero-order valence-electron chi connectivity index (χ0n) is 11.9. The normalized spacial score (nSPS) is 16.2. The van der Waals surface area contributed by atoms with Crippen molar-refractivity contribution >= 4 is 36.5 Å². The predicted molar refractivity (Wildman–Crippen MR) is 73.5 cm³/mol. The average molecular weight is 324 g/mol. The van der Waals surface area contributed by atoms with Gasteiger partial charge in [0.15, 0.2) is 6.29 Å². The highest BCUT2D eigenvalue weighted by Gasteiger charge is 2.36. The maximum Gasteiger partial charge on any atom is 0.636 e. The first-order chi connectivity index (χ1) is 10.8. The van der Waals surface area contributed by atoms with Gasteiger partial charge in [0, 0.05) is 11.5 Å². The molecule has 120 valence electrons. The number of halogens is 1. The number of rotatable bonds is 3. The lowest BCUT2D eigenvalue weighted by Crippen LogP contribution is -2.48. The lowest BCUT2D eigenvalue weighted by Gasteiger charge is -2.22. The van der Waals surface area contributed by atoms with E-state index in [0.29, 0.717) is 0 Å². The summed E-state index contributed by atoms with van der Waals surface area (Å²) in [6, 6.07) is 1.67. The van der Waals surface area contributed by atoms with Crippen LogP contribution in [0.1, 0.15) is 10.4 Å². The van der Waals surface area contributed by atoms with E-state index in [1.54, 1.807) is 0 Å². The average Bonchev–Trinajstić information content (AvgIpc) is 2.44. The van der Waals surface area contributed by atoms with Crippen LogP contribution in [0, 0.1) is 15.9 Å². The Morgan fingerprint density at radius 2 is 1.87 bits per heavy atom. The molecule has 2 rings (SSSR count). The summed E-state index contributed by atoms with van der Waals surface area (Å²) < 4.78 is 23.5. The van der Waals surface area contributed by atoms with Crippen LogP contribution in [0.15, 0.2) is 12.1 Å². The van der Waals surface area contributed by atoms with E-state index in [-0.39, 0.29) is 24.8 Å². The molecule has 9 nitrogen and oxygen atoms in total. The molecule has 1 heterocycles. The lowest BCUT2D eigenvalue weighted by molar-refractivity contribution is -0.387. The number of nitro groups is 1. The van der Waals surface area contributed by atoms with Crippen LogP contribution in [0.3, 0.4) is 0 Å². The second-order valence-corrected chi connectivity index (χ2v) is 4.80. The van der Waals surface area contributed by atoms with Crippen molar-refractivity contribution in [3.05, 3.63) is 33.6 Å². The summed E-state index contributed by atoms with van der Waals surface area (Å²) in [6.07, 6.45) is 0.0756. The summed E-state index contributed by atoms with van der Waals surface area (Å²) in [5, 5.41) is 10.8. The van der Waals surface area contributed by atoms with Gasteiger partial charge in [-0.15, -0.1) is 0 Å². The van der Waals surface area contributed by atoms with Gasteiger partial charge in [-0.05, 0) is 13.1 Å². The van der Waals surface area contributed by atoms with E-state index < -0.39 is 41.0 Å². The monoisotopic (exact) mass is 324 g/mol. The van der Waals surface area contributed by atoms with Crippen molar-refractivity contribution < 1.29 is 33.0 Å². The Balaban J connectivity index is 2.44. The van der Waals surface area contributed by atoms with E-state index in [0.717, 1.165) is 12.1 Å². The van der Waals surface area contributed by atoms with Crippen LogP contribution < -0.4 is 5.46 Å². The second-order valence-electron chi connectivity index (χ2n) is 4.80. The Kier molecular flexibility index (Phi) is 4.70. The van der Waals surface area contributed by atoms with Crippen molar-refractivity contribution in [1.29, 1.82) is 0 Å². The van der Waals surface area contributed by atoms with E-state index in [2.05, 4.69) is 0 Å². The largest absolute Gasteiger partial charge is 0.636 e. The first-order valence-electron chi connectivity index (χ1n) is 6.32. The third-order valence-electron chi connectivity index (χ3n) is 2.97. The predicted octanol–water partition coefficient (Wildman–Crippen LogP) is -0.727. The molecule has 0 aromatic heterocycles. The fraction of sp³-hybridized carbons (Fsp3) is 0.250. The van der Waals surface area contributed by atoms with Crippen LogP contribution in [0.2, 0.25) is 0 Å². The van der Waals surface area contributed by atoms with Crippen molar-refractivity contribution in [3.8, 4) is 0 Å². The second kappa shape index (κ2) is 6.52. The van der Waals surface area contributed by atoms with Crippen molar-refractivity contribution in [1.82, 2.24) is 4.90 Å². The summed E-state index contributed by atoms with van der Waals surface area (Å²) >= 11 is 0. The van der Waals surface area contributed by atoms with Crippen LogP contribution in [-0.4, -0.2) is 55.3 Å². The molecule has 1 saturated heterocycles. The summed E-state index contributed by atoms with van der Waals surface area (Å²) in [5.74, 6) is -2.81. The number of carbonyl (C=O) groups is 3. The lowest BCUT2D eigenvalue weighted by atomic mass is 9.77. The van der Waals surface area contributed by atoms with Gasteiger partial charge in [0.05, 0.1) is 23.6 Å². The molecule has 0 amide bonds. The maximum atomic E-state index is 13.7. The van der Waals surface area contributed by atoms with Gasteiger partial charge in [-0.1, -0.05) is 0 Å². The molecule has 1 aromatic rings. The number of aldehydes is 1. The van der Waals surface area contributed by atoms with Gasteiger partial charge in [-0.3, -0.25) is 29.4 Å². The standard InChI is InChI=1S/C12H10BFN2O7/c1-15-4-10(18)22-13(23-11(19)5-15)8-2-7(6-17)12(14)9(3-8)16(20)21/h2-3,6H,4-5H2,1H3.